The van der Waals surface area contributed by atoms with Crippen LogP contribution in [0.4, 0.5) is 5.69 Å². The predicted octanol–water partition coefficient (Wildman–Crippen LogP) is 4.51. The van der Waals surface area contributed by atoms with Crippen molar-refractivity contribution < 1.29 is 4.79 Å². The van der Waals surface area contributed by atoms with Crippen LogP contribution < -0.4 is 4.90 Å². The first-order valence-electron chi connectivity index (χ1n) is 9.22. The van der Waals surface area contributed by atoms with Gasteiger partial charge in [0.05, 0.1) is 17.4 Å². The van der Waals surface area contributed by atoms with Crippen LogP contribution in [0.15, 0.2) is 90.1 Å². The average Bonchev–Trinajstić information content (AvgIpc) is 3.11. The summed E-state index contributed by atoms with van der Waals surface area (Å²) in [5.74, 6) is 0.110. The van der Waals surface area contributed by atoms with E-state index in [9.17, 15) is 4.79 Å². The molecule has 0 atom stereocenters. The van der Waals surface area contributed by atoms with Crippen LogP contribution in [-0.2, 0) is 4.79 Å². The lowest BCUT2D eigenvalue weighted by atomic mass is 10.1. The van der Waals surface area contributed by atoms with Gasteiger partial charge < -0.3 is 0 Å². The van der Waals surface area contributed by atoms with Crippen molar-refractivity contribution in [2.24, 2.45) is 4.99 Å². The van der Waals surface area contributed by atoms with Crippen molar-refractivity contribution in [1.29, 1.82) is 0 Å². The van der Waals surface area contributed by atoms with E-state index in [1.807, 2.05) is 48.5 Å². The summed E-state index contributed by atoms with van der Waals surface area (Å²) in [5, 5.41) is 1.46. The number of amides is 1. The van der Waals surface area contributed by atoms with Crippen LogP contribution >= 0.6 is 11.6 Å². The van der Waals surface area contributed by atoms with E-state index >= 15 is 0 Å². The molecule has 0 N–H and O–H groups in total. The topological polar surface area (TPSA) is 71.3 Å². The lowest BCUT2D eigenvalue weighted by Crippen LogP contribution is -2.33. The van der Waals surface area contributed by atoms with Crippen molar-refractivity contribution in [3.63, 3.8) is 0 Å². The second kappa shape index (κ2) is 7.50. The monoisotopic (exact) mass is 411 g/mol. The molecule has 0 radical (unpaired) electrons. The van der Waals surface area contributed by atoms with Gasteiger partial charge in [-0.1, -0.05) is 48.0 Å². The summed E-state index contributed by atoms with van der Waals surface area (Å²) in [5.41, 5.74) is 2.79. The molecule has 144 valence electrons. The van der Waals surface area contributed by atoms with Gasteiger partial charge in [0.1, 0.15) is 11.4 Å². The number of benzene rings is 2. The minimum Gasteiger partial charge on any atom is -0.266 e. The Morgan fingerprint density at radius 3 is 2.60 bits per heavy atom. The van der Waals surface area contributed by atoms with Crippen molar-refractivity contribution >= 4 is 46.0 Å². The summed E-state index contributed by atoms with van der Waals surface area (Å²) < 4.78 is 0. The van der Waals surface area contributed by atoms with Gasteiger partial charge in [-0.3, -0.25) is 19.7 Å². The SMILES string of the molecule is O=C1/C(=C\c2ccccc2Cl)N=C(c2cnccn2)N1c1cccc2cccnc12. The minimum atomic E-state index is -0.284. The van der Waals surface area contributed by atoms with Gasteiger partial charge in [0.15, 0.2) is 5.84 Å². The average molecular weight is 412 g/mol. The second-order valence-corrected chi connectivity index (χ2v) is 6.98. The van der Waals surface area contributed by atoms with E-state index in [1.54, 1.807) is 36.9 Å². The molecule has 5 rings (SSSR count). The summed E-state index contributed by atoms with van der Waals surface area (Å²) in [4.78, 5) is 32.6. The maximum Gasteiger partial charge on any atom is 0.282 e. The van der Waals surface area contributed by atoms with E-state index in [1.165, 1.54) is 4.90 Å². The Morgan fingerprint density at radius 1 is 0.900 bits per heavy atom. The lowest BCUT2D eigenvalue weighted by molar-refractivity contribution is -0.113. The number of rotatable bonds is 3. The van der Waals surface area contributed by atoms with Gasteiger partial charge in [-0.15, -0.1) is 0 Å². The summed E-state index contributed by atoms with van der Waals surface area (Å²) in [6, 6.07) is 16.8. The number of amidine groups is 1. The van der Waals surface area contributed by atoms with E-state index in [0.717, 1.165) is 5.39 Å². The van der Waals surface area contributed by atoms with Crippen molar-refractivity contribution in [3.8, 4) is 0 Å². The van der Waals surface area contributed by atoms with Crippen molar-refractivity contribution in [2.75, 3.05) is 4.90 Å². The largest absolute Gasteiger partial charge is 0.282 e. The number of hydrogen-bond acceptors (Lipinski definition) is 5. The van der Waals surface area contributed by atoms with Gasteiger partial charge in [0.2, 0.25) is 0 Å². The highest BCUT2D eigenvalue weighted by atomic mass is 35.5. The standard InChI is InChI=1S/C23H14ClN5O/c24-17-8-2-1-5-16(17)13-18-23(30)29(22(28-18)19-14-25-11-12-26-19)20-9-3-6-15-7-4-10-27-21(15)20/h1-14H/b18-13+. The maximum atomic E-state index is 13.5. The number of nitrogens with zero attached hydrogens (tertiary/aromatic N) is 5. The molecule has 6 nitrogen and oxygen atoms in total. The fourth-order valence-electron chi connectivity index (χ4n) is 3.33. The van der Waals surface area contributed by atoms with Gasteiger partial charge in [0.25, 0.3) is 5.91 Å². The molecule has 0 spiro atoms. The summed E-state index contributed by atoms with van der Waals surface area (Å²) in [7, 11) is 0. The molecule has 3 heterocycles. The number of fused-ring (bicyclic) bond motifs is 1. The number of aromatic nitrogens is 3. The van der Waals surface area contributed by atoms with Gasteiger partial charge in [-0.05, 0) is 29.8 Å². The summed E-state index contributed by atoms with van der Waals surface area (Å²) in [6.45, 7) is 0. The molecular formula is C23H14ClN5O. The Hall–Kier alpha value is -3.90. The molecule has 4 aromatic rings. The molecule has 0 bridgehead atoms. The second-order valence-electron chi connectivity index (χ2n) is 6.57. The van der Waals surface area contributed by atoms with E-state index in [-0.39, 0.29) is 11.6 Å². The van der Waals surface area contributed by atoms with Crippen LogP contribution in [-0.4, -0.2) is 26.7 Å². The third-order valence-electron chi connectivity index (χ3n) is 4.70. The molecule has 2 aromatic heterocycles. The summed E-state index contributed by atoms with van der Waals surface area (Å²) >= 11 is 6.28. The van der Waals surface area contributed by atoms with Crippen LogP contribution in [0.1, 0.15) is 11.3 Å². The molecule has 30 heavy (non-hydrogen) atoms. The van der Waals surface area contributed by atoms with Gasteiger partial charge in [0, 0.05) is 29.0 Å². The highest BCUT2D eigenvalue weighted by molar-refractivity contribution is 6.35. The molecule has 0 saturated heterocycles. The van der Waals surface area contributed by atoms with E-state index in [0.29, 0.717) is 33.3 Å². The number of aliphatic imine (C=N–C) groups is 1. The molecule has 1 aliphatic heterocycles. The molecular weight excluding hydrogens is 398 g/mol. The van der Waals surface area contributed by atoms with Gasteiger partial charge >= 0.3 is 0 Å². The molecule has 0 saturated carbocycles. The summed E-state index contributed by atoms with van der Waals surface area (Å²) in [6.07, 6.45) is 8.10. The van der Waals surface area contributed by atoms with Crippen molar-refractivity contribution in [3.05, 3.63) is 101 Å². The fraction of sp³-hybridized carbons (Fsp3) is 0. The third-order valence-corrected chi connectivity index (χ3v) is 5.05. The zero-order valence-electron chi connectivity index (χ0n) is 15.6. The van der Waals surface area contributed by atoms with E-state index in [4.69, 9.17) is 11.6 Å². The Labute approximate surface area is 177 Å². The van der Waals surface area contributed by atoms with Crippen molar-refractivity contribution in [2.45, 2.75) is 0 Å². The van der Waals surface area contributed by atoms with Gasteiger partial charge in [-0.2, -0.15) is 0 Å². The number of carbonyl (C=O) groups is 1. The first kappa shape index (κ1) is 18.1. The highest BCUT2D eigenvalue weighted by Crippen LogP contribution is 2.32. The van der Waals surface area contributed by atoms with Crippen LogP contribution in [0, 0.1) is 0 Å². The first-order valence-corrected chi connectivity index (χ1v) is 9.60. The van der Waals surface area contributed by atoms with Crippen LogP contribution in [0.3, 0.4) is 0 Å². The minimum absolute atomic E-state index is 0.261. The highest BCUT2D eigenvalue weighted by Gasteiger charge is 2.34. The Kier molecular flexibility index (Phi) is 4.53. The molecule has 2 aromatic carbocycles. The van der Waals surface area contributed by atoms with Crippen molar-refractivity contribution in [1.82, 2.24) is 15.0 Å². The van der Waals surface area contributed by atoms with Crippen LogP contribution in [0.5, 0.6) is 0 Å². The number of pyridine rings is 1. The molecule has 1 amide bonds. The van der Waals surface area contributed by atoms with Crippen LogP contribution in [0.2, 0.25) is 5.02 Å². The third kappa shape index (κ3) is 3.13. The molecule has 0 fully saturated rings. The number of para-hydroxylation sites is 1. The zero-order valence-corrected chi connectivity index (χ0v) is 16.4. The van der Waals surface area contributed by atoms with Gasteiger partial charge in [-0.25, -0.2) is 9.98 Å². The normalized spacial score (nSPS) is 15.1. The molecule has 0 aliphatic carbocycles. The smallest absolute Gasteiger partial charge is 0.266 e. The molecule has 0 unspecified atom stereocenters. The number of anilines is 1. The predicted molar refractivity (Wildman–Crippen MR) is 117 cm³/mol. The number of carbonyl (C=O) groups excluding carboxylic acids is 1. The van der Waals surface area contributed by atoms with Crippen LogP contribution in [0.25, 0.3) is 17.0 Å². The Balaban J connectivity index is 1.71. The number of halogens is 1. The molecule has 1 aliphatic rings. The lowest BCUT2D eigenvalue weighted by Gasteiger charge is -2.19. The first-order chi connectivity index (χ1) is 14.7. The Morgan fingerprint density at radius 2 is 1.77 bits per heavy atom. The molecule has 7 heteroatoms. The Bertz CT molecular complexity index is 1330. The van der Waals surface area contributed by atoms with E-state index < -0.39 is 0 Å². The zero-order chi connectivity index (χ0) is 20.5. The van der Waals surface area contributed by atoms with E-state index in [2.05, 4.69) is 19.9 Å². The quantitative estimate of drug-likeness (QED) is 0.465. The maximum absolute atomic E-state index is 13.5. The fourth-order valence-corrected chi connectivity index (χ4v) is 3.52. The number of hydrogen-bond donors (Lipinski definition) is 0.